The summed E-state index contributed by atoms with van der Waals surface area (Å²) in [7, 11) is 0. The third-order valence-corrected chi connectivity index (χ3v) is 3.95. The average molecular weight is 327 g/mol. The van der Waals surface area contributed by atoms with E-state index in [0.29, 0.717) is 19.8 Å². The standard InChI is InChI=1S/C19H21NO4/c21-19(22)18(15-6-2-1-3-7-15)20-13-14-8-9-16-17(12-14)24-11-5-4-10-23-16/h1-3,6-9,12,18,20H,4-5,10-11,13H2,(H,21,22)/t18-/m0/s1. The fourth-order valence-electron chi connectivity index (χ4n) is 2.68. The van der Waals surface area contributed by atoms with Crippen LogP contribution in [0.1, 0.15) is 30.0 Å². The molecule has 0 aromatic heterocycles. The van der Waals surface area contributed by atoms with Crippen molar-refractivity contribution < 1.29 is 19.4 Å². The van der Waals surface area contributed by atoms with Crippen molar-refractivity contribution in [3.05, 3.63) is 59.7 Å². The van der Waals surface area contributed by atoms with Crippen molar-refractivity contribution in [2.75, 3.05) is 13.2 Å². The smallest absolute Gasteiger partial charge is 0.325 e. The van der Waals surface area contributed by atoms with Gasteiger partial charge in [0.05, 0.1) is 13.2 Å². The zero-order valence-corrected chi connectivity index (χ0v) is 13.4. The predicted octanol–water partition coefficient (Wildman–Crippen LogP) is 3.15. The molecule has 0 fully saturated rings. The van der Waals surface area contributed by atoms with Crippen molar-refractivity contribution >= 4 is 5.97 Å². The molecule has 0 amide bonds. The third-order valence-electron chi connectivity index (χ3n) is 3.95. The molecule has 2 aromatic carbocycles. The Labute approximate surface area is 141 Å². The molecule has 126 valence electrons. The highest BCUT2D eigenvalue weighted by atomic mass is 16.5. The predicted molar refractivity (Wildman–Crippen MR) is 90.3 cm³/mol. The lowest BCUT2D eigenvalue weighted by Gasteiger charge is -2.18. The summed E-state index contributed by atoms with van der Waals surface area (Å²) in [5.74, 6) is 0.573. The SMILES string of the molecule is O=C(O)[C@@H](NCc1ccc2c(c1)OCCCCO2)c1ccccc1. The minimum absolute atomic E-state index is 0.433. The molecule has 0 saturated carbocycles. The number of aliphatic carboxylic acids is 1. The number of rotatable bonds is 5. The summed E-state index contributed by atoms with van der Waals surface area (Å²) >= 11 is 0. The van der Waals surface area contributed by atoms with E-state index in [2.05, 4.69) is 5.32 Å². The monoisotopic (exact) mass is 327 g/mol. The number of nitrogens with one attached hydrogen (secondary N) is 1. The van der Waals surface area contributed by atoms with E-state index < -0.39 is 12.0 Å². The molecular formula is C19H21NO4. The molecule has 3 rings (SSSR count). The second kappa shape index (κ2) is 7.84. The van der Waals surface area contributed by atoms with Crippen molar-refractivity contribution in [1.29, 1.82) is 0 Å². The van der Waals surface area contributed by atoms with Gasteiger partial charge >= 0.3 is 5.97 Å². The first-order chi connectivity index (χ1) is 11.7. The molecule has 0 unspecified atom stereocenters. The quantitative estimate of drug-likeness (QED) is 0.883. The van der Waals surface area contributed by atoms with Crippen LogP contribution in [0, 0.1) is 0 Å². The maximum atomic E-state index is 11.5. The lowest BCUT2D eigenvalue weighted by atomic mass is 10.1. The number of hydrogen-bond acceptors (Lipinski definition) is 4. The van der Waals surface area contributed by atoms with Gasteiger partial charge in [-0.1, -0.05) is 36.4 Å². The Morgan fingerprint density at radius 3 is 2.46 bits per heavy atom. The van der Waals surface area contributed by atoms with Crippen LogP contribution in [-0.4, -0.2) is 24.3 Å². The van der Waals surface area contributed by atoms with E-state index in [1.165, 1.54) is 0 Å². The van der Waals surface area contributed by atoms with Crippen molar-refractivity contribution in [2.24, 2.45) is 0 Å². The second-order valence-corrected chi connectivity index (χ2v) is 5.75. The first-order valence-electron chi connectivity index (χ1n) is 8.14. The van der Waals surface area contributed by atoms with Crippen LogP contribution in [0.25, 0.3) is 0 Å². The van der Waals surface area contributed by atoms with Crippen LogP contribution in [0.5, 0.6) is 11.5 Å². The topological polar surface area (TPSA) is 67.8 Å². The highest BCUT2D eigenvalue weighted by Gasteiger charge is 2.19. The molecule has 0 spiro atoms. The van der Waals surface area contributed by atoms with Gasteiger partial charge in [0, 0.05) is 6.54 Å². The number of hydrogen-bond donors (Lipinski definition) is 2. The van der Waals surface area contributed by atoms with Crippen LogP contribution >= 0.6 is 0 Å². The second-order valence-electron chi connectivity index (χ2n) is 5.75. The van der Waals surface area contributed by atoms with Gasteiger partial charge in [0.1, 0.15) is 6.04 Å². The van der Waals surface area contributed by atoms with Gasteiger partial charge < -0.3 is 14.6 Å². The first-order valence-corrected chi connectivity index (χ1v) is 8.14. The molecule has 1 aliphatic rings. The molecule has 2 aromatic rings. The van der Waals surface area contributed by atoms with E-state index in [4.69, 9.17) is 9.47 Å². The maximum Gasteiger partial charge on any atom is 0.325 e. The number of ether oxygens (including phenoxy) is 2. The van der Waals surface area contributed by atoms with Gasteiger partial charge in [-0.05, 0) is 36.1 Å². The van der Waals surface area contributed by atoms with E-state index in [1.54, 1.807) is 0 Å². The minimum atomic E-state index is -0.896. The summed E-state index contributed by atoms with van der Waals surface area (Å²) in [5.41, 5.74) is 1.69. The zero-order valence-electron chi connectivity index (χ0n) is 13.4. The molecule has 0 aliphatic carbocycles. The Kier molecular flexibility index (Phi) is 5.33. The van der Waals surface area contributed by atoms with E-state index in [1.807, 2.05) is 48.5 Å². The lowest BCUT2D eigenvalue weighted by Crippen LogP contribution is -2.28. The van der Waals surface area contributed by atoms with Crippen molar-refractivity contribution in [2.45, 2.75) is 25.4 Å². The van der Waals surface area contributed by atoms with Crippen molar-refractivity contribution in [3.8, 4) is 11.5 Å². The van der Waals surface area contributed by atoms with Gasteiger partial charge in [0.25, 0.3) is 0 Å². The Morgan fingerprint density at radius 1 is 1.04 bits per heavy atom. The van der Waals surface area contributed by atoms with Crippen LogP contribution in [0.2, 0.25) is 0 Å². The minimum Gasteiger partial charge on any atom is -0.490 e. The van der Waals surface area contributed by atoms with E-state index in [0.717, 1.165) is 35.5 Å². The molecule has 5 heteroatoms. The summed E-state index contributed by atoms with van der Waals surface area (Å²) in [5, 5.41) is 12.5. The summed E-state index contributed by atoms with van der Waals surface area (Å²) in [6, 6.07) is 14.1. The number of carbonyl (C=O) groups is 1. The van der Waals surface area contributed by atoms with Gasteiger partial charge in [-0.25, -0.2) is 0 Å². The van der Waals surface area contributed by atoms with Gasteiger partial charge in [-0.15, -0.1) is 0 Å². The highest BCUT2D eigenvalue weighted by Crippen LogP contribution is 2.30. The fraction of sp³-hybridized carbons (Fsp3) is 0.316. The third kappa shape index (κ3) is 4.06. The van der Waals surface area contributed by atoms with E-state index in [-0.39, 0.29) is 0 Å². The summed E-state index contributed by atoms with van der Waals surface area (Å²) in [6.45, 7) is 1.81. The van der Waals surface area contributed by atoms with Gasteiger partial charge in [-0.2, -0.15) is 0 Å². The van der Waals surface area contributed by atoms with Crippen LogP contribution in [0.3, 0.4) is 0 Å². The van der Waals surface area contributed by atoms with Gasteiger partial charge in [0.2, 0.25) is 0 Å². The van der Waals surface area contributed by atoms with E-state index in [9.17, 15) is 9.90 Å². The number of benzene rings is 2. The molecular weight excluding hydrogens is 306 g/mol. The molecule has 5 nitrogen and oxygen atoms in total. The molecule has 1 atom stereocenters. The Balaban J connectivity index is 1.71. The molecule has 1 aliphatic heterocycles. The Hall–Kier alpha value is -2.53. The normalized spacial score (nSPS) is 15.2. The highest BCUT2D eigenvalue weighted by molar-refractivity contribution is 5.75. The first kappa shape index (κ1) is 16.3. The largest absolute Gasteiger partial charge is 0.490 e. The van der Waals surface area contributed by atoms with Gasteiger partial charge in [0.15, 0.2) is 11.5 Å². The Bertz CT molecular complexity index is 687. The lowest BCUT2D eigenvalue weighted by molar-refractivity contribution is -0.139. The summed E-state index contributed by atoms with van der Waals surface area (Å²) in [4.78, 5) is 11.5. The number of carboxylic acids is 1. The number of carboxylic acid groups (broad SMARTS) is 1. The fourth-order valence-corrected chi connectivity index (χ4v) is 2.68. The van der Waals surface area contributed by atoms with Crippen LogP contribution in [0.15, 0.2) is 48.5 Å². The van der Waals surface area contributed by atoms with Crippen molar-refractivity contribution in [3.63, 3.8) is 0 Å². The van der Waals surface area contributed by atoms with Crippen LogP contribution in [-0.2, 0) is 11.3 Å². The van der Waals surface area contributed by atoms with Crippen LogP contribution < -0.4 is 14.8 Å². The Morgan fingerprint density at radius 2 is 1.75 bits per heavy atom. The molecule has 1 heterocycles. The maximum absolute atomic E-state index is 11.5. The van der Waals surface area contributed by atoms with Crippen molar-refractivity contribution in [1.82, 2.24) is 5.32 Å². The van der Waals surface area contributed by atoms with Gasteiger partial charge in [-0.3, -0.25) is 10.1 Å². The molecule has 0 bridgehead atoms. The number of fused-ring (bicyclic) bond motifs is 1. The zero-order chi connectivity index (χ0) is 16.8. The summed E-state index contributed by atoms with van der Waals surface area (Å²) < 4.78 is 11.4. The van der Waals surface area contributed by atoms with Crippen LogP contribution in [0.4, 0.5) is 0 Å². The molecule has 24 heavy (non-hydrogen) atoms. The molecule has 2 N–H and O–H groups in total. The average Bonchev–Trinajstić information content (AvgIpc) is 2.57. The summed E-state index contributed by atoms with van der Waals surface area (Å²) in [6.07, 6.45) is 1.96. The van der Waals surface area contributed by atoms with E-state index >= 15 is 0 Å². The molecule has 0 radical (unpaired) electrons. The molecule has 0 saturated heterocycles.